The first-order chi connectivity index (χ1) is 7.18. The Morgan fingerprint density at radius 3 is 1.88 bits per heavy atom. The van der Waals surface area contributed by atoms with Crippen LogP contribution >= 0.6 is 0 Å². The van der Waals surface area contributed by atoms with Crippen LogP contribution in [0.2, 0.25) is 0 Å². The summed E-state index contributed by atoms with van der Waals surface area (Å²) in [6.07, 6.45) is -2.12. The lowest BCUT2D eigenvalue weighted by molar-refractivity contribution is -0.182. The topological polar surface area (TPSA) is 12.0 Å². The van der Waals surface area contributed by atoms with Crippen molar-refractivity contribution in [2.75, 3.05) is 6.54 Å². The van der Waals surface area contributed by atoms with Crippen LogP contribution in [0.3, 0.4) is 0 Å². The lowest BCUT2D eigenvalue weighted by atomic mass is 9.85. The van der Waals surface area contributed by atoms with E-state index in [4.69, 9.17) is 0 Å². The molecule has 4 heteroatoms. The van der Waals surface area contributed by atoms with Gasteiger partial charge in [0, 0.05) is 12.6 Å². The van der Waals surface area contributed by atoms with E-state index in [9.17, 15) is 13.2 Å². The zero-order valence-electron chi connectivity index (χ0n) is 10.3. The molecular formula is C12H22F3N. The summed E-state index contributed by atoms with van der Waals surface area (Å²) in [6, 6.07) is 0.276. The summed E-state index contributed by atoms with van der Waals surface area (Å²) in [6.45, 7) is 7.25. The van der Waals surface area contributed by atoms with E-state index in [-0.39, 0.29) is 24.3 Å². The van der Waals surface area contributed by atoms with Crippen LogP contribution in [0.25, 0.3) is 0 Å². The molecule has 1 nitrogen and oxygen atoms in total. The van der Waals surface area contributed by atoms with Crippen LogP contribution in [-0.2, 0) is 0 Å². The lowest BCUT2D eigenvalue weighted by Crippen LogP contribution is -2.40. The van der Waals surface area contributed by atoms with Gasteiger partial charge in [0.1, 0.15) is 0 Å². The molecular weight excluding hydrogens is 215 g/mol. The van der Waals surface area contributed by atoms with Gasteiger partial charge in [-0.3, -0.25) is 0 Å². The van der Waals surface area contributed by atoms with Crippen molar-refractivity contribution in [1.82, 2.24) is 5.32 Å². The molecule has 1 N–H and O–H groups in total. The fourth-order valence-electron chi connectivity index (χ4n) is 2.08. The molecule has 0 spiro atoms. The van der Waals surface area contributed by atoms with Crippen molar-refractivity contribution in [3.8, 4) is 0 Å². The Kier molecular flexibility index (Phi) is 4.27. The average Bonchev–Trinajstić information content (AvgIpc) is 2.13. The van der Waals surface area contributed by atoms with E-state index >= 15 is 0 Å². The van der Waals surface area contributed by atoms with Gasteiger partial charge in [0.15, 0.2) is 0 Å². The van der Waals surface area contributed by atoms with Crippen LogP contribution in [0, 0.1) is 11.3 Å². The van der Waals surface area contributed by atoms with Gasteiger partial charge in [0.05, 0.1) is 5.92 Å². The molecule has 0 aromatic heterocycles. The van der Waals surface area contributed by atoms with Crippen molar-refractivity contribution >= 4 is 0 Å². The molecule has 0 radical (unpaired) electrons. The highest BCUT2D eigenvalue weighted by Crippen LogP contribution is 2.37. The van der Waals surface area contributed by atoms with Gasteiger partial charge in [0.25, 0.3) is 0 Å². The Labute approximate surface area is 95.8 Å². The fraction of sp³-hybridized carbons (Fsp3) is 1.00. The molecule has 0 aromatic carbocycles. The zero-order valence-corrected chi connectivity index (χ0v) is 10.3. The van der Waals surface area contributed by atoms with Crippen LogP contribution in [0.4, 0.5) is 13.2 Å². The van der Waals surface area contributed by atoms with E-state index in [0.717, 1.165) is 6.54 Å². The second kappa shape index (κ2) is 4.94. The normalized spacial score (nSPS) is 28.1. The molecule has 0 atom stereocenters. The molecule has 1 aliphatic carbocycles. The van der Waals surface area contributed by atoms with Crippen molar-refractivity contribution in [3.63, 3.8) is 0 Å². The van der Waals surface area contributed by atoms with E-state index in [2.05, 4.69) is 26.1 Å². The number of rotatable bonds is 2. The van der Waals surface area contributed by atoms with Crippen molar-refractivity contribution in [1.29, 1.82) is 0 Å². The summed E-state index contributed by atoms with van der Waals surface area (Å²) in [7, 11) is 0. The van der Waals surface area contributed by atoms with Crippen molar-refractivity contribution < 1.29 is 13.2 Å². The van der Waals surface area contributed by atoms with Gasteiger partial charge in [-0.05, 0) is 31.1 Å². The van der Waals surface area contributed by atoms with Crippen LogP contribution in [0.1, 0.15) is 46.5 Å². The van der Waals surface area contributed by atoms with Crippen LogP contribution in [0.15, 0.2) is 0 Å². The highest BCUT2D eigenvalue weighted by Gasteiger charge is 2.41. The summed E-state index contributed by atoms with van der Waals surface area (Å²) in [4.78, 5) is 0. The van der Waals surface area contributed by atoms with Gasteiger partial charge < -0.3 is 5.32 Å². The smallest absolute Gasteiger partial charge is 0.313 e. The van der Waals surface area contributed by atoms with Crippen LogP contribution in [0.5, 0.6) is 0 Å². The van der Waals surface area contributed by atoms with Crippen molar-refractivity contribution in [3.05, 3.63) is 0 Å². The lowest BCUT2D eigenvalue weighted by Gasteiger charge is -2.32. The molecule has 0 heterocycles. The predicted molar refractivity (Wildman–Crippen MR) is 59.3 cm³/mol. The minimum absolute atomic E-state index is 0.195. The van der Waals surface area contributed by atoms with Crippen molar-refractivity contribution in [2.24, 2.45) is 11.3 Å². The Hall–Kier alpha value is -0.250. The third-order valence-electron chi connectivity index (χ3n) is 3.11. The van der Waals surface area contributed by atoms with Crippen LogP contribution in [-0.4, -0.2) is 18.8 Å². The van der Waals surface area contributed by atoms with E-state index in [0.29, 0.717) is 12.8 Å². The number of hydrogen-bond acceptors (Lipinski definition) is 1. The Bertz CT molecular complexity index is 209. The standard InChI is InChI=1S/C12H22F3N/c1-11(2,3)8-16-10-6-4-9(5-7-10)12(13,14)15/h9-10,16H,4-8H2,1-3H3. The molecule has 0 unspecified atom stereocenters. The fourth-order valence-corrected chi connectivity index (χ4v) is 2.08. The van der Waals surface area contributed by atoms with Crippen LogP contribution < -0.4 is 5.32 Å². The molecule has 0 aliphatic heterocycles. The highest BCUT2D eigenvalue weighted by atomic mass is 19.4. The summed E-state index contributed by atoms with van der Waals surface area (Å²) >= 11 is 0. The molecule has 16 heavy (non-hydrogen) atoms. The maximum Gasteiger partial charge on any atom is 0.391 e. The van der Waals surface area contributed by atoms with Gasteiger partial charge in [-0.1, -0.05) is 20.8 Å². The second-order valence-corrected chi connectivity index (χ2v) is 6.03. The van der Waals surface area contributed by atoms with E-state index in [1.54, 1.807) is 0 Å². The first-order valence-electron chi connectivity index (χ1n) is 5.98. The first kappa shape index (κ1) is 13.8. The maximum absolute atomic E-state index is 12.4. The molecule has 1 saturated carbocycles. The van der Waals surface area contributed by atoms with E-state index < -0.39 is 12.1 Å². The molecule has 96 valence electrons. The summed E-state index contributed by atoms with van der Waals surface area (Å²) in [5, 5.41) is 3.37. The third-order valence-corrected chi connectivity index (χ3v) is 3.11. The van der Waals surface area contributed by atoms with Gasteiger partial charge in [0.2, 0.25) is 0 Å². The Morgan fingerprint density at radius 1 is 1.00 bits per heavy atom. The monoisotopic (exact) mass is 237 g/mol. The maximum atomic E-state index is 12.4. The van der Waals surface area contributed by atoms with Gasteiger partial charge in [-0.2, -0.15) is 13.2 Å². The highest BCUT2D eigenvalue weighted by molar-refractivity contribution is 4.81. The van der Waals surface area contributed by atoms with Gasteiger partial charge >= 0.3 is 6.18 Å². The second-order valence-electron chi connectivity index (χ2n) is 6.03. The summed E-state index contributed by atoms with van der Waals surface area (Å²) < 4.78 is 37.3. The number of halogens is 3. The minimum atomic E-state index is -3.99. The largest absolute Gasteiger partial charge is 0.391 e. The predicted octanol–water partition coefficient (Wildman–Crippen LogP) is 3.74. The number of nitrogens with one attached hydrogen (secondary N) is 1. The molecule has 1 rings (SSSR count). The van der Waals surface area contributed by atoms with Crippen molar-refractivity contribution in [2.45, 2.75) is 58.7 Å². The minimum Gasteiger partial charge on any atom is -0.313 e. The number of alkyl halides is 3. The SMILES string of the molecule is CC(C)(C)CNC1CCC(C(F)(F)F)CC1. The van der Waals surface area contributed by atoms with E-state index in [1.165, 1.54) is 0 Å². The Morgan fingerprint density at radius 2 is 1.50 bits per heavy atom. The molecule has 0 saturated heterocycles. The number of hydrogen-bond donors (Lipinski definition) is 1. The quantitative estimate of drug-likeness (QED) is 0.771. The molecule has 0 amide bonds. The molecule has 1 fully saturated rings. The zero-order chi connectivity index (χ0) is 12.4. The first-order valence-corrected chi connectivity index (χ1v) is 5.98. The van der Waals surface area contributed by atoms with E-state index in [1.807, 2.05) is 0 Å². The Balaban J connectivity index is 2.28. The third kappa shape index (κ3) is 4.73. The molecule has 0 bridgehead atoms. The summed E-state index contributed by atoms with van der Waals surface area (Å²) in [5.41, 5.74) is 0.195. The summed E-state index contributed by atoms with van der Waals surface area (Å²) in [5.74, 6) is -1.07. The average molecular weight is 237 g/mol. The van der Waals surface area contributed by atoms with Gasteiger partial charge in [-0.25, -0.2) is 0 Å². The molecule has 1 aliphatic rings. The molecule has 0 aromatic rings. The van der Waals surface area contributed by atoms with Gasteiger partial charge in [-0.15, -0.1) is 0 Å².